The first-order chi connectivity index (χ1) is 9.42. The lowest BCUT2D eigenvalue weighted by Gasteiger charge is -2.26. The van der Waals surface area contributed by atoms with Gasteiger partial charge in [0, 0.05) is 31.9 Å². The molecule has 104 valence electrons. The van der Waals surface area contributed by atoms with Crippen LogP contribution in [-0.2, 0) is 6.54 Å². The van der Waals surface area contributed by atoms with Gasteiger partial charge in [-0.2, -0.15) is 0 Å². The summed E-state index contributed by atoms with van der Waals surface area (Å²) in [5.74, 6) is 1.18. The highest BCUT2D eigenvalue weighted by molar-refractivity contribution is 5.41. The normalized spacial score (nSPS) is 20.9. The molecule has 2 aliphatic rings. The van der Waals surface area contributed by atoms with Crippen LogP contribution in [0.25, 0.3) is 0 Å². The van der Waals surface area contributed by atoms with Crippen molar-refractivity contribution in [2.24, 2.45) is 0 Å². The zero-order valence-electron chi connectivity index (χ0n) is 11.8. The molecule has 0 unspecified atom stereocenters. The fourth-order valence-electron chi connectivity index (χ4n) is 2.77. The molecule has 0 atom stereocenters. The van der Waals surface area contributed by atoms with E-state index in [2.05, 4.69) is 27.3 Å². The Morgan fingerprint density at radius 2 is 1.84 bits per heavy atom. The van der Waals surface area contributed by atoms with E-state index in [1.165, 1.54) is 69.4 Å². The van der Waals surface area contributed by atoms with E-state index in [-0.39, 0.29) is 0 Å². The summed E-state index contributed by atoms with van der Waals surface area (Å²) in [4.78, 5) is 7.05. The van der Waals surface area contributed by atoms with Crippen molar-refractivity contribution >= 4 is 5.82 Å². The van der Waals surface area contributed by atoms with E-state index < -0.39 is 0 Å². The van der Waals surface area contributed by atoms with E-state index in [1.807, 2.05) is 6.20 Å². The second kappa shape index (κ2) is 6.38. The molecule has 0 radical (unpaired) electrons. The minimum atomic E-state index is 0.776. The van der Waals surface area contributed by atoms with Gasteiger partial charge in [0.15, 0.2) is 0 Å². The van der Waals surface area contributed by atoms with Gasteiger partial charge in [-0.1, -0.05) is 19.3 Å². The van der Waals surface area contributed by atoms with Crippen LogP contribution in [0.5, 0.6) is 0 Å². The van der Waals surface area contributed by atoms with E-state index in [0.29, 0.717) is 0 Å². The predicted molar refractivity (Wildman–Crippen MR) is 79.4 cm³/mol. The Kier molecular flexibility index (Phi) is 4.34. The second-order valence-electron chi connectivity index (χ2n) is 5.93. The molecule has 1 aromatic heterocycles. The third-order valence-electron chi connectivity index (χ3n) is 4.16. The number of aromatic nitrogens is 1. The lowest BCUT2D eigenvalue weighted by atomic mass is 10.1. The molecule has 0 spiro atoms. The quantitative estimate of drug-likeness (QED) is 0.900. The van der Waals surface area contributed by atoms with Crippen molar-refractivity contribution in [2.75, 3.05) is 18.0 Å². The van der Waals surface area contributed by atoms with Crippen molar-refractivity contribution in [3.05, 3.63) is 23.9 Å². The van der Waals surface area contributed by atoms with Crippen LogP contribution in [0.1, 0.15) is 50.5 Å². The number of nitrogens with one attached hydrogen (secondary N) is 1. The lowest BCUT2D eigenvalue weighted by molar-refractivity contribution is 0.553. The molecule has 1 saturated carbocycles. The Labute approximate surface area is 116 Å². The van der Waals surface area contributed by atoms with Gasteiger partial charge in [-0.3, -0.25) is 0 Å². The SMILES string of the molecule is c1cc(CNC2CC2)cc(N2CCCCCCC2)n1. The van der Waals surface area contributed by atoms with Crippen LogP contribution < -0.4 is 10.2 Å². The number of hydrogen-bond acceptors (Lipinski definition) is 3. The average molecular weight is 259 g/mol. The molecular formula is C16H25N3. The molecule has 1 aliphatic carbocycles. The van der Waals surface area contributed by atoms with Gasteiger partial charge in [0.05, 0.1) is 0 Å². The molecule has 3 rings (SSSR count). The standard InChI is InChI=1S/C16H25N3/c1-2-4-10-19(11-5-3-1)16-12-14(8-9-17-16)13-18-15-6-7-15/h8-9,12,15,18H,1-7,10-11,13H2. The maximum Gasteiger partial charge on any atom is 0.128 e. The van der Waals surface area contributed by atoms with Gasteiger partial charge in [-0.15, -0.1) is 0 Å². The molecule has 19 heavy (non-hydrogen) atoms. The van der Waals surface area contributed by atoms with E-state index in [9.17, 15) is 0 Å². The van der Waals surface area contributed by atoms with Gasteiger partial charge in [-0.05, 0) is 43.4 Å². The smallest absolute Gasteiger partial charge is 0.128 e. The number of nitrogens with zero attached hydrogens (tertiary/aromatic N) is 2. The Balaban J connectivity index is 1.62. The number of hydrogen-bond donors (Lipinski definition) is 1. The van der Waals surface area contributed by atoms with E-state index in [4.69, 9.17) is 0 Å². The predicted octanol–water partition coefficient (Wildman–Crippen LogP) is 3.10. The van der Waals surface area contributed by atoms with Crippen molar-refractivity contribution < 1.29 is 0 Å². The molecule has 3 heteroatoms. The summed E-state index contributed by atoms with van der Waals surface area (Å²) >= 11 is 0. The summed E-state index contributed by atoms with van der Waals surface area (Å²) in [7, 11) is 0. The van der Waals surface area contributed by atoms with Crippen molar-refractivity contribution in [2.45, 2.75) is 57.5 Å². The van der Waals surface area contributed by atoms with E-state index >= 15 is 0 Å². The molecule has 1 aliphatic heterocycles. The summed E-state index contributed by atoms with van der Waals surface area (Å²) < 4.78 is 0. The molecule has 1 saturated heterocycles. The van der Waals surface area contributed by atoms with Crippen LogP contribution in [0.4, 0.5) is 5.82 Å². The van der Waals surface area contributed by atoms with E-state index in [0.717, 1.165) is 12.6 Å². The number of rotatable bonds is 4. The Morgan fingerprint density at radius 1 is 1.11 bits per heavy atom. The van der Waals surface area contributed by atoms with Crippen molar-refractivity contribution in [3.8, 4) is 0 Å². The van der Waals surface area contributed by atoms with Gasteiger partial charge in [0.2, 0.25) is 0 Å². The van der Waals surface area contributed by atoms with Crippen molar-refractivity contribution in [1.29, 1.82) is 0 Å². The zero-order chi connectivity index (χ0) is 12.9. The zero-order valence-corrected chi connectivity index (χ0v) is 11.8. The molecule has 0 bridgehead atoms. The van der Waals surface area contributed by atoms with Crippen LogP contribution in [-0.4, -0.2) is 24.1 Å². The fourth-order valence-corrected chi connectivity index (χ4v) is 2.77. The van der Waals surface area contributed by atoms with Gasteiger partial charge < -0.3 is 10.2 Å². The molecule has 0 amide bonds. The summed E-state index contributed by atoms with van der Waals surface area (Å²) in [5, 5.41) is 3.58. The van der Waals surface area contributed by atoms with Gasteiger partial charge in [0.25, 0.3) is 0 Å². The fraction of sp³-hybridized carbons (Fsp3) is 0.688. The summed E-state index contributed by atoms with van der Waals surface area (Å²) in [6.07, 6.45) is 11.5. The minimum absolute atomic E-state index is 0.776. The first-order valence-corrected chi connectivity index (χ1v) is 7.85. The Morgan fingerprint density at radius 3 is 2.58 bits per heavy atom. The molecular weight excluding hydrogens is 234 g/mol. The van der Waals surface area contributed by atoms with Crippen LogP contribution in [0.3, 0.4) is 0 Å². The molecule has 1 N–H and O–H groups in total. The monoisotopic (exact) mass is 259 g/mol. The maximum absolute atomic E-state index is 4.58. The third kappa shape index (κ3) is 3.93. The summed E-state index contributed by atoms with van der Waals surface area (Å²) in [6.45, 7) is 3.34. The molecule has 0 aromatic carbocycles. The summed E-state index contributed by atoms with van der Waals surface area (Å²) in [5.41, 5.74) is 1.37. The average Bonchev–Trinajstić information content (AvgIpc) is 3.20. The van der Waals surface area contributed by atoms with Crippen LogP contribution in [0.15, 0.2) is 18.3 Å². The first kappa shape index (κ1) is 12.9. The highest BCUT2D eigenvalue weighted by atomic mass is 15.2. The molecule has 1 aromatic rings. The second-order valence-corrected chi connectivity index (χ2v) is 5.93. The number of pyridine rings is 1. The highest BCUT2D eigenvalue weighted by Crippen LogP contribution is 2.21. The largest absolute Gasteiger partial charge is 0.357 e. The summed E-state index contributed by atoms with van der Waals surface area (Å²) in [6, 6.07) is 5.19. The molecule has 3 nitrogen and oxygen atoms in total. The van der Waals surface area contributed by atoms with Gasteiger partial charge >= 0.3 is 0 Å². The van der Waals surface area contributed by atoms with Crippen LogP contribution in [0.2, 0.25) is 0 Å². The van der Waals surface area contributed by atoms with E-state index in [1.54, 1.807) is 0 Å². The van der Waals surface area contributed by atoms with Gasteiger partial charge in [-0.25, -0.2) is 4.98 Å². The topological polar surface area (TPSA) is 28.2 Å². The molecule has 2 fully saturated rings. The van der Waals surface area contributed by atoms with Crippen LogP contribution >= 0.6 is 0 Å². The van der Waals surface area contributed by atoms with Crippen molar-refractivity contribution in [1.82, 2.24) is 10.3 Å². The Bertz CT molecular complexity index is 393. The minimum Gasteiger partial charge on any atom is -0.357 e. The Hall–Kier alpha value is -1.09. The third-order valence-corrected chi connectivity index (χ3v) is 4.16. The first-order valence-electron chi connectivity index (χ1n) is 7.85. The lowest BCUT2D eigenvalue weighted by Crippen LogP contribution is -2.28. The van der Waals surface area contributed by atoms with Gasteiger partial charge in [0.1, 0.15) is 5.82 Å². The maximum atomic E-state index is 4.58. The number of anilines is 1. The molecule has 2 heterocycles. The highest BCUT2D eigenvalue weighted by Gasteiger charge is 2.20. The van der Waals surface area contributed by atoms with Crippen molar-refractivity contribution in [3.63, 3.8) is 0 Å². The van der Waals surface area contributed by atoms with Crippen LogP contribution in [0, 0.1) is 0 Å².